The van der Waals surface area contributed by atoms with Crippen LogP contribution in [0.3, 0.4) is 0 Å². The zero-order valence-electron chi connectivity index (χ0n) is 10.6. The molecule has 0 aliphatic rings. The van der Waals surface area contributed by atoms with Crippen molar-refractivity contribution in [3.8, 4) is 0 Å². The first-order valence-corrected chi connectivity index (χ1v) is 5.76. The van der Waals surface area contributed by atoms with E-state index in [-0.39, 0.29) is 0 Å². The Balaban J connectivity index is 3.90. The summed E-state index contributed by atoms with van der Waals surface area (Å²) in [5.41, 5.74) is -0.677. The molecule has 0 rings (SSSR count). The molecular formula is C12H25NO2. The number of carbonyl (C=O) groups is 1. The van der Waals surface area contributed by atoms with E-state index >= 15 is 0 Å². The minimum Gasteiger partial charge on any atom is -0.481 e. The predicted molar refractivity (Wildman–Crippen MR) is 63.0 cm³/mol. The van der Waals surface area contributed by atoms with Crippen LogP contribution >= 0.6 is 0 Å². The number of hydrogen-bond acceptors (Lipinski definition) is 2. The average Bonchev–Trinajstić information content (AvgIpc) is 2.14. The SMILES string of the molecule is CCC(C)CC(C)NCC(C)(C)C(=O)O. The van der Waals surface area contributed by atoms with Crippen LogP contribution in [0.2, 0.25) is 0 Å². The van der Waals surface area contributed by atoms with E-state index in [9.17, 15) is 4.79 Å². The van der Waals surface area contributed by atoms with Gasteiger partial charge in [0.1, 0.15) is 0 Å². The molecule has 0 saturated heterocycles. The number of nitrogens with one attached hydrogen (secondary N) is 1. The Bertz CT molecular complexity index is 202. The molecule has 3 nitrogen and oxygen atoms in total. The lowest BCUT2D eigenvalue weighted by Gasteiger charge is -2.24. The summed E-state index contributed by atoms with van der Waals surface area (Å²) in [7, 11) is 0. The van der Waals surface area contributed by atoms with Gasteiger partial charge in [0.25, 0.3) is 0 Å². The standard InChI is InChI=1S/C12H25NO2/c1-6-9(2)7-10(3)13-8-12(4,5)11(14)15/h9-10,13H,6-8H2,1-5H3,(H,14,15). The summed E-state index contributed by atoms with van der Waals surface area (Å²) in [5.74, 6) is -0.0498. The molecule has 0 aliphatic carbocycles. The number of rotatable bonds is 7. The lowest BCUT2D eigenvalue weighted by Crippen LogP contribution is -2.40. The Kier molecular flexibility index (Phi) is 5.88. The summed E-state index contributed by atoms with van der Waals surface area (Å²) in [4.78, 5) is 10.9. The first kappa shape index (κ1) is 14.4. The molecule has 2 atom stereocenters. The lowest BCUT2D eigenvalue weighted by molar-refractivity contribution is -0.146. The third-order valence-electron chi connectivity index (χ3n) is 2.92. The minimum absolute atomic E-state index is 0.388. The second-order valence-electron chi connectivity index (χ2n) is 5.22. The number of carboxylic acids is 1. The molecule has 2 N–H and O–H groups in total. The van der Waals surface area contributed by atoms with Gasteiger partial charge in [-0.2, -0.15) is 0 Å². The second-order valence-corrected chi connectivity index (χ2v) is 5.22. The number of hydrogen-bond donors (Lipinski definition) is 2. The molecule has 0 radical (unpaired) electrons. The van der Waals surface area contributed by atoms with E-state index in [4.69, 9.17) is 5.11 Å². The van der Waals surface area contributed by atoms with Crippen LogP contribution in [0.15, 0.2) is 0 Å². The van der Waals surface area contributed by atoms with E-state index in [1.807, 2.05) is 0 Å². The van der Waals surface area contributed by atoms with Crippen LogP contribution in [-0.4, -0.2) is 23.7 Å². The highest BCUT2D eigenvalue weighted by Gasteiger charge is 2.27. The topological polar surface area (TPSA) is 49.3 Å². The normalized spacial score (nSPS) is 16.1. The second kappa shape index (κ2) is 6.11. The van der Waals surface area contributed by atoms with E-state index in [1.165, 1.54) is 6.42 Å². The van der Waals surface area contributed by atoms with E-state index < -0.39 is 11.4 Å². The molecular weight excluding hydrogens is 190 g/mol. The first-order valence-electron chi connectivity index (χ1n) is 5.76. The summed E-state index contributed by atoms with van der Waals surface area (Å²) in [6, 6.07) is 0.388. The smallest absolute Gasteiger partial charge is 0.310 e. The monoisotopic (exact) mass is 215 g/mol. The molecule has 0 aromatic carbocycles. The maximum absolute atomic E-state index is 10.9. The van der Waals surface area contributed by atoms with Gasteiger partial charge in [0.05, 0.1) is 5.41 Å². The third-order valence-corrected chi connectivity index (χ3v) is 2.92. The van der Waals surface area contributed by atoms with Crippen LogP contribution in [-0.2, 0) is 4.79 Å². The van der Waals surface area contributed by atoms with Gasteiger partial charge >= 0.3 is 5.97 Å². The largest absolute Gasteiger partial charge is 0.481 e. The number of carboxylic acid groups (broad SMARTS) is 1. The zero-order valence-corrected chi connectivity index (χ0v) is 10.6. The van der Waals surface area contributed by atoms with Gasteiger partial charge in [-0.25, -0.2) is 0 Å². The highest BCUT2D eigenvalue weighted by Crippen LogP contribution is 2.15. The van der Waals surface area contributed by atoms with Gasteiger partial charge in [-0.3, -0.25) is 4.79 Å². The fourth-order valence-electron chi connectivity index (χ4n) is 1.36. The summed E-state index contributed by atoms with van der Waals surface area (Å²) >= 11 is 0. The van der Waals surface area contributed by atoms with Crippen molar-refractivity contribution in [1.29, 1.82) is 0 Å². The van der Waals surface area contributed by atoms with Crippen LogP contribution in [0, 0.1) is 11.3 Å². The lowest BCUT2D eigenvalue weighted by atomic mass is 9.92. The molecule has 2 unspecified atom stereocenters. The fourth-order valence-corrected chi connectivity index (χ4v) is 1.36. The Morgan fingerprint density at radius 2 is 1.93 bits per heavy atom. The quantitative estimate of drug-likeness (QED) is 0.686. The van der Waals surface area contributed by atoms with Gasteiger partial charge in [0.2, 0.25) is 0 Å². The molecule has 90 valence electrons. The highest BCUT2D eigenvalue weighted by molar-refractivity contribution is 5.73. The van der Waals surface area contributed by atoms with Crippen LogP contribution in [0.5, 0.6) is 0 Å². The minimum atomic E-state index is -0.745. The molecule has 15 heavy (non-hydrogen) atoms. The van der Waals surface area contributed by atoms with Gasteiger partial charge in [-0.15, -0.1) is 0 Å². The van der Waals surface area contributed by atoms with Crippen LogP contribution in [0.4, 0.5) is 0 Å². The predicted octanol–water partition coefficient (Wildman–Crippen LogP) is 2.51. The summed E-state index contributed by atoms with van der Waals surface area (Å²) in [6.07, 6.45) is 2.28. The summed E-state index contributed by atoms with van der Waals surface area (Å²) in [6.45, 7) is 10.5. The van der Waals surface area contributed by atoms with E-state index in [0.717, 1.165) is 6.42 Å². The van der Waals surface area contributed by atoms with Crippen molar-refractivity contribution < 1.29 is 9.90 Å². The van der Waals surface area contributed by atoms with Crippen molar-refractivity contribution in [2.45, 2.75) is 53.5 Å². The molecule has 0 aliphatic heterocycles. The maximum atomic E-state index is 10.9. The van der Waals surface area contributed by atoms with Gasteiger partial charge in [0.15, 0.2) is 0 Å². The van der Waals surface area contributed by atoms with E-state index in [2.05, 4.69) is 26.1 Å². The van der Waals surface area contributed by atoms with Crippen LogP contribution in [0.25, 0.3) is 0 Å². The third kappa shape index (κ3) is 5.78. The summed E-state index contributed by atoms with van der Waals surface area (Å²) in [5, 5.41) is 12.2. The van der Waals surface area contributed by atoms with Crippen molar-refractivity contribution in [1.82, 2.24) is 5.32 Å². The van der Waals surface area contributed by atoms with Gasteiger partial charge in [-0.05, 0) is 33.1 Å². The van der Waals surface area contributed by atoms with E-state index in [0.29, 0.717) is 18.5 Å². The van der Waals surface area contributed by atoms with Crippen LogP contribution in [0.1, 0.15) is 47.5 Å². The van der Waals surface area contributed by atoms with Crippen molar-refractivity contribution in [3.63, 3.8) is 0 Å². The average molecular weight is 215 g/mol. The molecule has 0 saturated carbocycles. The Morgan fingerprint density at radius 3 is 2.33 bits per heavy atom. The molecule has 0 heterocycles. The molecule has 3 heteroatoms. The van der Waals surface area contributed by atoms with E-state index in [1.54, 1.807) is 13.8 Å². The molecule has 0 aromatic rings. The van der Waals surface area contributed by atoms with Gasteiger partial charge in [-0.1, -0.05) is 20.3 Å². The van der Waals surface area contributed by atoms with Crippen molar-refractivity contribution in [3.05, 3.63) is 0 Å². The first-order chi connectivity index (χ1) is 6.79. The van der Waals surface area contributed by atoms with Crippen molar-refractivity contribution in [2.24, 2.45) is 11.3 Å². The molecule has 0 bridgehead atoms. The zero-order chi connectivity index (χ0) is 12.1. The summed E-state index contributed by atoms with van der Waals surface area (Å²) < 4.78 is 0. The Hall–Kier alpha value is -0.570. The van der Waals surface area contributed by atoms with Gasteiger partial charge < -0.3 is 10.4 Å². The van der Waals surface area contributed by atoms with Crippen LogP contribution < -0.4 is 5.32 Å². The molecule has 0 spiro atoms. The maximum Gasteiger partial charge on any atom is 0.310 e. The molecule has 0 fully saturated rings. The Labute approximate surface area is 93.3 Å². The molecule has 0 aromatic heterocycles. The van der Waals surface area contributed by atoms with Crippen molar-refractivity contribution in [2.75, 3.05) is 6.54 Å². The fraction of sp³-hybridized carbons (Fsp3) is 0.917. The Morgan fingerprint density at radius 1 is 1.40 bits per heavy atom. The van der Waals surface area contributed by atoms with Gasteiger partial charge in [0, 0.05) is 12.6 Å². The number of aliphatic carboxylic acids is 1. The van der Waals surface area contributed by atoms with Crippen molar-refractivity contribution >= 4 is 5.97 Å². The highest BCUT2D eigenvalue weighted by atomic mass is 16.4. The molecule has 0 amide bonds.